The van der Waals surface area contributed by atoms with Crippen LogP contribution in [-0.4, -0.2) is 83.9 Å². The van der Waals surface area contributed by atoms with Gasteiger partial charge in [-0.15, -0.1) is 0 Å². The topological polar surface area (TPSA) is 103 Å². The van der Waals surface area contributed by atoms with Crippen molar-refractivity contribution in [3.05, 3.63) is 47.3 Å². The summed E-state index contributed by atoms with van der Waals surface area (Å²) in [5.74, 6) is -1.04. The number of methoxy groups -OCH3 is 1. The Balaban J connectivity index is 1.65. The van der Waals surface area contributed by atoms with Crippen molar-refractivity contribution in [1.82, 2.24) is 19.6 Å². The van der Waals surface area contributed by atoms with E-state index in [1.165, 1.54) is 16.7 Å². The Morgan fingerprint density at radius 1 is 1.19 bits per heavy atom. The van der Waals surface area contributed by atoms with E-state index in [1.807, 2.05) is 35.2 Å². The molecule has 0 N–H and O–H groups in total. The number of fused-ring (bicyclic) bond motifs is 1. The number of amides is 1. The van der Waals surface area contributed by atoms with Gasteiger partial charge in [-0.1, -0.05) is 30.3 Å². The molecule has 1 fully saturated rings. The van der Waals surface area contributed by atoms with E-state index < -0.39 is 18.0 Å². The van der Waals surface area contributed by atoms with Crippen LogP contribution in [0.2, 0.25) is 0 Å². The van der Waals surface area contributed by atoms with Crippen molar-refractivity contribution in [3.8, 4) is 5.75 Å². The fraction of sp³-hybridized carbons (Fsp3) is 0.429. The first-order valence-electron chi connectivity index (χ1n) is 10.1. The maximum absolute atomic E-state index is 13.4. The van der Waals surface area contributed by atoms with Crippen LogP contribution >= 0.6 is 0 Å². The molecule has 31 heavy (non-hydrogen) atoms. The highest BCUT2D eigenvalue weighted by Crippen LogP contribution is 2.30. The minimum absolute atomic E-state index is 0.0577. The number of hydrogen-bond acceptors (Lipinski definition) is 8. The molecule has 10 nitrogen and oxygen atoms in total. The van der Waals surface area contributed by atoms with Crippen LogP contribution in [0.4, 0.5) is 0 Å². The molecule has 0 radical (unpaired) electrons. The second-order valence-electron chi connectivity index (χ2n) is 7.21. The van der Waals surface area contributed by atoms with Crippen molar-refractivity contribution in [1.29, 1.82) is 0 Å². The smallest absolute Gasteiger partial charge is 0.362 e. The summed E-state index contributed by atoms with van der Waals surface area (Å²) in [5, 5.41) is 4.26. The Hall–Kier alpha value is -3.24. The molecule has 1 aromatic heterocycles. The van der Waals surface area contributed by atoms with Crippen LogP contribution < -0.4 is 4.74 Å². The van der Waals surface area contributed by atoms with Crippen molar-refractivity contribution < 1.29 is 28.6 Å². The molecule has 1 unspecified atom stereocenters. The van der Waals surface area contributed by atoms with Gasteiger partial charge in [0.25, 0.3) is 5.91 Å². The minimum Gasteiger partial charge on any atom is -0.484 e. The third-order valence-corrected chi connectivity index (χ3v) is 5.39. The van der Waals surface area contributed by atoms with Gasteiger partial charge in [-0.25, -0.2) is 4.79 Å². The summed E-state index contributed by atoms with van der Waals surface area (Å²) >= 11 is 0. The highest BCUT2D eigenvalue weighted by molar-refractivity contribution is 6.01. The Bertz CT molecular complexity index is 954. The number of esters is 1. The third kappa shape index (κ3) is 4.17. The average molecular weight is 428 g/mol. The minimum atomic E-state index is -0.719. The van der Waals surface area contributed by atoms with Gasteiger partial charge in [-0.05, 0) is 5.56 Å². The van der Waals surface area contributed by atoms with Crippen LogP contribution in [0.5, 0.6) is 5.75 Å². The normalized spacial score (nSPS) is 17.7. The van der Waals surface area contributed by atoms with Crippen LogP contribution in [0, 0.1) is 0 Å². The fourth-order valence-corrected chi connectivity index (χ4v) is 3.80. The molecular formula is C21H24N4O6. The maximum atomic E-state index is 13.4. The number of hydrogen-bond donors (Lipinski definition) is 0. The predicted molar refractivity (Wildman–Crippen MR) is 108 cm³/mol. The monoisotopic (exact) mass is 428 g/mol. The summed E-state index contributed by atoms with van der Waals surface area (Å²) in [6.45, 7) is 2.87. The number of aromatic nitrogens is 2. The molecular weight excluding hydrogens is 404 g/mol. The Morgan fingerprint density at radius 2 is 1.94 bits per heavy atom. The number of ether oxygens (including phenoxy) is 3. The van der Waals surface area contributed by atoms with Crippen molar-refractivity contribution >= 4 is 18.2 Å². The van der Waals surface area contributed by atoms with Crippen molar-refractivity contribution in [2.24, 2.45) is 0 Å². The second kappa shape index (κ2) is 9.27. The van der Waals surface area contributed by atoms with E-state index in [0.717, 1.165) is 11.8 Å². The van der Waals surface area contributed by atoms with Gasteiger partial charge in [0.2, 0.25) is 5.69 Å². The van der Waals surface area contributed by atoms with Gasteiger partial charge in [0.1, 0.15) is 12.8 Å². The van der Waals surface area contributed by atoms with Crippen LogP contribution in [0.1, 0.15) is 26.5 Å². The van der Waals surface area contributed by atoms with Gasteiger partial charge in [0.05, 0.1) is 26.9 Å². The van der Waals surface area contributed by atoms with Crippen molar-refractivity contribution in [2.45, 2.75) is 19.3 Å². The highest BCUT2D eigenvalue weighted by Gasteiger charge is 2.39. The molecule has 2 aromatic rings. The van der Waals surface area contributed by atoms with Gasteiger partial charge >= 0.3 is 5.97 Å². The summed E-state index contributed by atoms with van der Waals surface area (Å²) in [5.41, 5.74) is 0.956. The second-order valence-corrected chi connectivity index (χ2v) is 7.21. The number of rotatable bonds is 7. The molecule has 164 valence electrons. The molecule has 0 bridgehead atoms. The number of benzene rings is 1. The van der Waals surface area contributed by atoms with E-state index in [1.54, 1.807) is 0 Å². The lowest BCUT2D eigenvalue weighted by Crippen LogP contribution is -2.57. The average Bonchev–Trinajstić information content (AvgIpc) is 3.20. The van der Waals surface area contributed by atoms with Crippen LogP contribution in [-0.2, 0) is 27.4 Å². The molecule has 1 amide bonds. The summed E-state index contributed by atoms with van der Waals surface area (Å²) < 4.78 is 17.5. The Morgan fingerprint density at radius 3 is 2.61 bits per heavy atom. The number of carbonyl (C=O) groups is 3. The molecule has 1 aromatic carbocycles. The van der Waals surface area contributed by atoms with Crippen LogP contribution in [0.15, 0.2) is 30.3 Å². The van der Waals surface area contributed by atoms with Crippen LogP contribution in [0.25, 0.3) is 0 Å². The first-order valence-corrected chi connectivity index (χ1v) is 10.1. The van der Waals surface area contributed by atoms with E-state index in [-0.39, 0.29) is 30.3 Å². The number of aldehydes is 1. The molecule has 4 rings (SSSR count). The molecule has 10 heteroatoms. The summed E-state index contributed by atoms with van der Waals surface area (Å²) in [4.78, 5) is 41.1. The van der Waals surface area contributed by atoms with Gasteiger partial charge < -0.3 is 19.1 Å². The number of morpholine rings is 1. The summed E-state index contributed by atoms with van der Waals surface area (Å²) in [6, 6.07) is 9.39. The summed E-state index contributed by atoms with van der Waals surface area (Å²) in [6.07, 6.45) is 0.0460. The zero-order valence-electron chi connectivity index (χ0n) is 17.2. The van der Waals surface area contributed by atoms with Gasteiger partial charge in [-0.2, -0.15) is 5.10 Å². The van der Waals surface area contributed by atoms with E-state index in [9.17, 15) is 14.4 Å². The van der Waals surface area contributed by atoms with E-state index >= 15 is 0 Å². The lowest BCUT2D eigenvalue weighted by molar-refractivity contribution is -0.120. The molecule has 2 aliphatic rings. The van der Waals surface area contributed by atoms with E-state index in [2.05, 4.69) is 5.10 Å². The molecule has 0 saturated carbocycles. The highest BCUT2D eigenvalue weighted by atomic mass is 16.5. The quantitative estimate of drug-likeness (QED) is 0.466. The molecule has 1 saturated heterocycles. The molecule has 0 spiro atoms. The Kier molecular flexibility index (Phi) is 6.28. The third-order valence-electron chi connectivity index (χ3n) is 5.39. The van der Waals surface area contributed by atoms with Crippen molar-refractivity contribution in [2.75, 3.05) is 40.0 Å². The number of nitrogens with zero attached hydrogens (tertiary/aromatic N) is 4. The predicted octanol–water partition coefficient (Wildman–Crippen LogP) is 0.562. The molecule has 2 aliphatic heterocycles. The van der Waals surface area contributed by atoms with Crippen molar-refractivity contribution in [3.63, 3.8) is 0 Å². The molecule has 3 heterocycles. The molecule has 1 atom stereocenters. The maximum Gasteiger partial charge on any atom is 0.362 e. The first-order chi connectivity index (χ1) is 15.1. The molecule has 0 aliphatic carbocycles. The SMILES string of the molecule is COC(=O)c1nn2c(c1OCc1ccccc1)C(=O)N(C(C=O)N1CCOCC1)CC2. The summed E-state index contributed by atoms with van der Waals surface area (Å²) in [7, 11) is 1.25. The van der Waals surface area contributed by atoms with E-state index in [4.69, 9.17) is 14.2 Å². The Labute approximate surface area is 179 Å². The van der Waals surface area contributed by atoms with Crippen LogP contribution in [0.3, 0.4) is 0 Å². The fourth-order valence-electron chi connectivity index (χ4n) is 3.80. The number of carbonyl (C=O) groups excluding carboxylic acids is 3. The largest absolute Gasteiger partial charge is 0.484 e. The lowest BCUT2D eigenvalue weighted by Gasteiger charge is -2.39. The zero-order valence-corrected chi connectivity index (χ0v) is 17.2. The first kappa shape index (κ1) is 21.0. The standard InChI is InChI=1S/C21H24N4O6/c1-29-21(28)17-19(31-14-15-5-3-2-4-6-15)18-20(27)24(7-8-25(18)22-17)16(13-26)23-9-11-30-12-10-23/h2-6,13,16H,7-12,14H2,1H3. The van der Waals surface area contributed by atoms with Gasteiger partial charge in [-0.3, -0.25) is 19.2 Å². The van der Waals surface area contributed by atoms with E-state index in [0.29, 0.717) is 32.8 Å². The lowest BCUT2D eigenvalue weighted by atomic mass is 10.2. The van der Waals surface area contributed by atoms with Gasteiger partial charge in [0, 0.05) is 19.6 Å². The zero-order chi connectivity index (χ0) is 21.8. The van der Waals surface area contributed by atoms with Gasteiger partial charge in [0.15, 0.2) is 17.7 Å².